The molecule has 152 valence electrons. The predicted molar refractivity (Wildman–Crippen MR) is 111 cm³/mol. The molecule has 1 heterocycles. The largest absolute Gasteiger partial charge is 0.497 e. The van der Waals surface area contributed by atoms with E-state index < -0.39 is 0 Å². The number of hydrogen-bond acceptors (Lipinski definition) is 4. The maximum Gasteiger partial charge on any atom is 0.253 e. The molecule has 0 spiro atoms. The summed E-state index contributed by atoms with van der Waals surface area (Å²) in [7, 11) is 1.58. The van der Waals surface area contributed by atoms with Crippen molar-refractivity contribution in [1.82, 2.24) is 5.32 Å². The Balaban J connectivity index is 1.53. The van der Waals surface area contributed by atoms with Gasteiger partial charge < -0.3 is 14.8 Å². The highest BCUT2D eigenvalue weighted by Crippen LogP contribution is 2.14. The van der Waals surface area contributed by atoms with E-state index >= 15 is 0 Å². The minimum atomic E-state index is -0.342. The summed E-state index contributed by atoms with van der Waals surface area (Å²) in [4.78, 5) is 28.8. The van der Waals surface area contributed by atoms with Crippen LogP contribution >= 0.6 is 0 Å². The van der Waals surface area contributed by atoms with Crippen molar-refractivity contribution in [3.05, 3.63) is 58.6 Å². The van der Waals surface area contributed by atoms with Crippen LogP contribution in [0.1, 0.15) is 36.5 Å². The minimum Gasteiger partial charge on any atom is -0.497 e. The lowest BCUT2D eigenvalue weighted by Gasteiger charge is -2.13. The van der Waals surface area contributed by atoms with Crippen LogP contribution in [0.15, 0.2) is 47.5 Å². The van der Waals surface area contributed by atoms with Crippen LogP contribution in [0.5, 0.6) is 11.5 Å². The number of carbonyl (C=O) groups is 2. The Labute approximate surface area is 170 Å². The van der Waals surface area contributed by atoms with Gasteiger partial charge in [0, 0.05) is 18.2 Å². The number of ether oxygens (including phenoxy) is 2. The smallest absolute Gasteiger partial charge is 0.253 e. The zero-order valence-electron chi connectivity index (χ0n) is 16.8. The fourth-order valence-corrected chi connectivity index (χ4v) is 3.06. The van der Waals surface area contributed by atoms with Crippen LogP contribution in [0.2, 0.25) is 0 Å². The van der Waals surface area contributed by atoms with E-state index in [1.165, 1.54) is 0 Å². The van der Waals surface area contributed by atoms with Crippen LogP contribution in [-0.4, -0.2) is 32.1 Å². The van der Waals surface area contributed by atoms with Crippen molar-refractivity contribution in [2.24, 2.45) is 10.9 Å². The molecule has 2 aromatic carbocycles. The van der Waals surface area contributed by atoms with Gasteiger partial charge in [0.2, 0.25) is 0 Å². The molecule has 6 heteroatoms. The molecule has 2 aromatic rings. The topological polar surface area (TPSA) is 77.0 Å². The van der Waals surface area contributed by atoms with Crippen molar-refractivity contribution in [2.75, 3.05) is 20.3 Å². The Morgan fingerprint density at radius 2 is 1.90 bits per heavy atom. The maximum atomic E-state index is 12.3. The number of nitrogens with zero attached hydrogens (tertiary/aromatic N) is 1. The molecule has 0 radical (unpaired) electrons. The molecule has 1 N–H and O–H groups in total. The van der Waals surface area contributed by atoms with E-state index in [4.69, 9.17) is 9.47 Å². The van der Waals surface area contributed by atoms with Gasteiger partial charge in [-0.05, 0) is 54.5 Å². The third-order valence-corrected chi connectivity index (χ3v) is 4.79. The standard InChI is InChI=1S/C23H26N2O4/c1-3-4-13-29-19-8-5-16(6-9-19)22(26)24-12-11-18-14-17-7-10-20(28-2)15-21(17)25-23(18)27/h5-10,14-15,18H,3-4,11-13H2,1-2H3,(H,24,26). The average molecular weight is 394 g/mol. The molecular formula is C23H26N2O4. The Morgan fingerprint density at radius 3 is 2.62 bits per heavy atom. The SMILES string of the molecule is CCCCOc1ccc(C(=O)NCCC2C=c3ccc(OC)cc3=NC2=O)cc1. The number of hydrogen-bond donors (Lipinski definition) is 1. The van der Waals surface area contributed by atoms with Gasteiger partial charge in [0.1, 0.15) is 11.5 Å². The van der Waals surface area contributed by atoms with Crippen molar-refractivity contribution in [3.63, 3.8) is 0 Å². The highest BCUT2D eigenvalue weighted by molar-refractivity contribution is 5.94. The first kappa shape index (κ1) is 20.6. The van der Waals surface area contributed by atoms with E-state index in [2.05, 4.69) is 17.2 Å². The Morgan fingerprint density at radius 1 is 1.14 bits per heavy atom. The van der Waals surface area contributed by atoms with Gasteiger partial charge in [0.05, 0.1) is 25.0 Å². The van der Waals surface area contributed by atoms with E-state index in [1.807, 2.05) is 18.2 Å². The van der Waals surface area contributed by atoms with Crippen molar-refractivity contribution in [3.8, 4) is 11.5 Å². The lowest BCUT2D eigenvalue weighted by Crippen LogP contribution is -2.35. The zero-order valence-corrected chi connectivity index (χ0v) is 16.8. The lowest BCUT2D eigenvalue weighted by atomic mass is 10.00. The summed E-state index contributed by atoms with van der Waals surface area (Å²) in [6, 6.07) is 12.6. The fraction of sp³-hybridized carbons (Fsp3) is 0.348. The van der Waals surface area contributed by atoms with Gasteiger partial charge in [0.25, 0.3) is 11.8 Å². The Bertz CT molecular complexity index is 983. The molecular weight excluding hydrogens is 368 g/mol. The summed E-state index contributed by atoms with van der Waals surface area (Å²) in [5, 5.41) is 4.39. The fourth-order valence-electron chi connectivity index (χ4n) is 3.06. The van der Waals surface area contributed by atoms with Gasteiger partial charge in [-0.3, -0.25) is 9.59 Å². The second-order valence-corrected chi connectivity index (χ2v) is 6.92. The molecule has 3 rings (SSSR count). The molecule has 29 heavy (non-hydrogen) atoms. The summed E-state index contributed by atoms with van der Waals surface area (Å²) in [6.45, 7) is 3.18. The number of fused-ring (bicyclic) bond motifs is 1. The summed E-state index contributed by atoms with van der Waals surface area (Å²) in [6.07, 6.45) is 4.48. The maximum absolute atomic E-state index is 12.3. The first-order valence-electron chi connectivity index (χ1n) is 9.90. The molecule has 0 aromatic heterocycles. The van der Waals surface area contributed by atoms with Crippen molar-refractivity contribution in [2.45, 2.75) is 26.2 Å². The molecule has 1 unspecified atom stereocenters. The molecule has 0 aliphatic carbocycles. The summed E-state index contributed by atoms with van der Waals surface area (Å²) in [5.41, 5.74) is 0.564. The van der Waals surface area contributed by atoms with E-state index in [1.54, 1.807) is 37.4 Å². The molecule has 0 saturated heterocycles. The second kappa shape index (κ2) is 9.87. The van der Waals surface area contributed by atoms with E-state index in [0.717, 1.165) is 23.8 Å². The van der Waals surface area contributed by atoms with Crippen molar-refractivity contribution < 1.29 is 19.1 Å². The first-order chi connectivity index (χ1) is 14.1. The third-order valence-electron chi connectivity index (χ3n) is 4.79. The van der Waals surface area contributed by atoms with Crippen molar-refractivity contribution >= 4 is 17.9 Å². The highest BCUT2D eigenvalue weighted by Gasteiger charge is 2.18. The molecule has 2 amide bonds. The lowest BCUT2D eigenvalue weighted by molar-refractivity contribution is -0.120. The van der Waals surface area contributed by atoms with Crippen LogP contribution < -0.4 is 25.4 Å². The molecule has 1 atom stereocenters. The molecule has 6 nitrogen and oxygen atoms in total. The number of amides is 2. The normalized spacial score (nSPS) is 15.0. The van der Waals surface area contributed by atoms with Gasteiger partial charge in [0.15, 0.2) is 0 Å². The zero-order chi connectivity index (χ0) is 20.6. The van der Waals surface area contributed by atoms with Gasteiger partial charge in [-0.1, -0.05) is 19.4 Å². The van der Waals surface area contributed by atoms with Crippen LogP contribution in [0.25, 0.3) is 6.08 Å². The molecule has 0 fully saturated rings. The van der Waals surface area contributed by atoms with Crippen LogP contribution in [0, 0.1) is 5.92 Å². The van der Waals surface area contributed by atoms with Gasteiger partial charge in [-0.25, -0.2) is 4.99 Å². The van der Waals surface area contributed by atoms with E-state index in [0.29, 0.717) is 36.2 Å². The number of nitrogens with one attached hydrogen (secondary N) is 1. The predicted octanol–water partition coefficient (Wildman–Crippen LogP) is 2.25. The molecule has 0 bridgehead atoms. The number of benzene rings is 2. The van der Waals surface area contributed by atoms with Crippen LogP contribution in [0.4, 0.5) is 0 Å². The minimum absolute atomic E-state index is 0.171. The third kappa shape index (κ3) is 5.44. The highest BCUT2D eigenvalue weighted by atomic mass is 16.5. The number of unbranched alkanes of at least 4 members (excludes halogenated alkanes) is 1. The Hall–Kier alpha value is -3.15. The summed E-state index contributed by atoms with van der Waals surface area (Å²) >= 11 is 0. The monoisotopic (exact) mass is 394 g/mol. The quantitative estimate of drug-likeness (QED) is 0.662. The van der Waals surface area contributed by atoms with E-state index in [9.17, 15) is 9.59 Å². The second-order valence-electron chi connectivity index (χ2n) is 6.92. The van der Waals surface area contributed by atoms with Gasteiger partial charge in [-0.2, -0.15) is 0 Å². The summed E-state index contributed by atoms with van der Waals surface area (Å²) < 4.78 is 10.8. The molecule has 1 aliphatic heterocycles. The van der Waals surface area contributed by atoms with Gasteiger partial charge >= 0.3 is 0 Å². The van der Waals surface area contributed by atoms with Crippen LogP contribution in [0.3, 0.4) is 0 Å². The number of carbonyl (C=O) groups excluding carboxylic acids is 2. The van der Waals surface area contributed by atoms with Crippen molar-refractivity contribution in [1.29, 1.82) is 0 Å². The average Bonchev–Trinajstić information content (AvgIpc) is 2.74. The van der Waals surface area contributed by atoms with Gasteiger partial charge in [-0.15, -0.1) is 0 Å². The Kier molecular flexibility index (Phi) is 7.00. The summed E-state index contributed by atoms with van der Waals surface area (Å²) in [5.74, 6) is 0.713. The first-order valence-corrected chi connectivity index (χ1v) is 9.90. The molecule has 1 aliphatic rings. The molecule has 0 saturated carbocycles. The number of rotatable bonds is 9. The van der Waals surface area contributed by atoms with E-state index in [-0.39, 0.29) is 17.7 Å². The number of methoxy groups -OCH3 is 1. The van der Waals surface area contributed by atoms with Crippen LogP contribution in [-0.2, 0) is 4.79 Å².